The summed E-state index contributed by atoms with van der Waals surface area (Å²) in [6.07, 6.45) is 1.36. The molecule has 0 fully saturated rings. The summed E-state index contributed by atoms with van der Waals surface area (Å²) in [5.74, 6) is 0.839. The molecule has 6 heteroatoms. The van der Waals surface area contributed by atoms with E-state index >= 15 is 0 Å². The van der Waals surface area contributed by atoms with Gasteiger partial charge < -0.3 is 24.3 Å². The predicted molar refractivity (Wildman–Crippen MR) is 73.0 cm³/mol. The molecule has 2 N–H and O–H groups in total. The van der Waals surface area contributed by atoms with E-state index in [0.717, 1.165) is 0 Å². The zero-order valence-electron chi connectivity index (χ0n) is 11.2. The Labute approximate surface area is 121 Å². The molecule has 6 nitrogen and oxygen atoms in total. The highest BCUT2D eigenvalue weighted by atomic mass is 16.6. The molecular weight excluding hydrogens is 274 g/mol. The van der Waals surface area contributed by atoms with Crippen LogP contribution in [0.4, 0.5) is 0 Å². The maximum absolute atomic E-state index is 12.0. The average molecular weight is 289 g/mol. The van der Waals surface area contributed by atoms with Crippen LogP contribution in [0.5, 0.6) is 11.5 Å². The molecule has 0 spiro atoms. The van der Waals surface area contributed by atoms with Crippen molar-refractivity contribution in [2.45, 2.75) is 12.2 Å². The Bertz CT molecular complexity index is 610. The summed E-state index contributed by atoms with van der Waals surface area (Å²) >= 11 is 0. The Morgan fingerprint density at radius 1 is 1.33 bits per heavy atom. The maximum Gasteiger partial charge on any atom is 0.264 e. The number of hydrogen-bond acceptors (Lipinski definition) is 5. The van der Waals surface area contributed by atoms with Gasteiger partial charge in [-0.2, -0.15) is 0 Å². The third-order valence-electron chi connectivity index (χ3n) is 3.20. The van der Waals surface area contributed by atoms with Gasteiger partial charge in [0.25, 0.3) is 5.91 Å². The lowest BCUT2D eigenvalue weighted by Crippen LogP contribution is -2.45. The standard InChI is InChI=1S/C15H15NO5/c17-11(10-5-6-19-8-10)7-16-15(18)14-9-20-12-3-1-2-4-13(12)21-14/h1-6,8,11,14,17H,7,9H2,(H,16,18)/t11-,14+/m0/s1. The van der Waals surface area contributed by atoms with Crippen LogP contribution in [0.3, 0.4) is 0 Å². The van der Waals surface area contributed by atoms with Gasteiger partial charge in [0.15, 0.2) is 11.5 Å². The van der Waals surface area contributed by atoms with Crippen molar-refractivity contribution in [3.8, 4) is 11.5 Å². The van der Waals surface area contributed by atoms with Gasteiger partial charge in [-0.3, -0.25) is 4.79 Å². The van der Waals surface area contributed by atoms with Crippen molar-refractivity contribution in [3.05, 3.63) is 48.4 Å². The molecule has 1 aromatic heterocycles. The lowest BCUT2D eigenvalue weighted by Gasteiger charge is -2.25. The molecule has 2 atom stereocenters. The second kappa shape index (κ2) is 5.88. The first-order valence-corrected chi connectivity index (χ1v) is 6.60. The predicted octanol–water partition coefficient (Wildman–Crippen LogP) is 1.27. The van der Waals surface area contributed by atoms with Crippen LogP contribution in [-0.4, -0.2) is 30.3 Å². The topological polar surface area (TPSA) is 80.9 Å². The van der Waals surface area contributed by atoms with Gasteiger partial charge in [0.05, 0.1) is 18.6 Å². The summed E-state index contributed by atoms with van der Waals surface area (Å²) in [5, 5.41) is 12.5. The number of benzene rings is 1. The number of hydrogen-bond donors (Lipinski definition) is 2. The Hall–Kier alpha value is -2.47. The van der Waals surface area contributed by atoms with Crippen LogP contribution in [0.2, 0.25) is 0 Å². The van der Waals surface area contributed by atoms with Gasteiger partial charge in [-0.1, -0.05) is 12.1 Å². The zero-order valence-corrected chi connectivity index (χ0v) is 11.2. The number of amides is 1. The minimum Gasteiger partial charge on any atom is -0.485 e. The van der Waals surface area contributed by atoms with Gasteiger partial charge in [-0.15, -0.1) is 0 Å². The van der Waals surface area contributed by atoms with Crippen molar-refractivity contribution >= 4 is 5.91 Å². The van der Waals surface area contributed by atoms with Gasteiger partial charge in [-0.25, -0.2) is 0 Å². The van der Waals surface area contributed by atoms with Crippen LogP contribution in [0, 0.1) is 0 Å². The molecule has 0 bridgehead atoms. The van der Waals surface area contributed by atoms with Gasteiger partial charge in [0, 0.05) is 12.1 Å². The number of fused-ring (bicyclic) bond motifs is 1. The number of ether oxygens (including phenoxy) is 2. The molecule has 0 unspecified atom stereocenters. The Morgan fingerprint density at radius 2 is 2.14 bits per heavy atom. The fourth-order valence-corrected chi connectivity index (χ4v) is 2.04. The highest BCUT2D eigenvalue weighted by Crippen LogP contribution is 2.30. The number of aliphatic hydroxyl groups is 1. The van der Waals surface area contributed by atoms with Crippen LogP contribution in [0.15, 0.2) is 47.3 Å². The highest BCUT2D eigenvalue weighted by molar-refractivity contribution is 5.81. The monoisotopic (exact) mass is 289 g/mol. The summed E-state index contributed by atoms with van der Waals surface area (Å²) in [5.41, 5.74) is 0.612. The van der Waals surface area contributed by atoms with Crippen molar-refractivity contribution in [3.63, 3.8) is 0 Å². The van der Waals surface area contributed by atoms with Crippen LogP contribution in [0.1, 0.15) is 11.7 Å². The molecule has 3 rings (SSSR count). The van der Waals surface area contributed by atoms with E-state index in [1.807, 2.05) is 12.1 Å². The fourth-order valence-electron chi connectivity index (χ4n) is 2.04. The van der Waals surface area contributed by atoms with Gasteiger partial charge >= 0.3 is 0 Å². The molecule has 110 valence electrons. The van der Waals surface area contributed by atoms with Crippen molar-refractivity contribution in [1.29, 1.82) is 0 Å². The van der Waals surface area contributed by atoms with E-state index in [0.29, 0.717) is 17.1 Å². The van der Waals surface area contributed by atoms with Crippen LogP contribution in [0.25, 0.3) is 0 Å². The van der Waals surface area contributed by atoms with E-state index in [4.69, 9.17) is 13.9 Å². The number of furan rings is 1. The maximum atomic E-state index is 12.0. The van der Waals surface area contributed by atoms with Gasteiger partial charge in [-0.05, 0) is 18.2 Å². The molecule has 0 saturated carbocycles. The summed E-state index contributed by atoms with van der Waals surface area (Å²) in [6, 6.07) is 8.82. The molecule has 0 aliphatic carbocycles. The summed E-state index contributed by atoms with van der Waals surface area (Å²) < 4.78 is 15.9. The first kappa shape index (κ1) is 13.5. The fraction of sp³-hybridized carbons (Fsp3) is 0.267. The zero-order chi connectivity index (χ0) is 14.7. The van der Waals surface area contributed by atoms with Crippen molar-refractivity contribution in [2.75, 3.05) is 13.2 Å². The lowest BCUT2D eigenvalue weighted by molar-refractivity contribution is -0.130. The summed E-state index contributed by atoms with van der Waals surface area (Å²) in [6.45, 7) is 0.227. The molecular formula is C15H15NO5. The second-order valence-corrected chi connectivity index (χ2v) is 4.68. The third-order valence-corrected chi connectivity index (χ3v) is 3.20. The largest absolute Gasteiger partial charge is 0.485 e. The smallest absolute Gasteiger partial charge is 0.264 e. The molecule has 1 aliphatic rings. The van der Waals surface area contributed by atoms with Crippen LogP contribution >= 0.6 is 0 Å². The van der Waals surface area contributed by atoms with E-state index in [2.05, 4.69) is 5.32 Å². The molecule has 1 aliphatic heterocycles. The first-order valence-electron chi connectivity index (χ1n) is 6.60. The SMILES string of the molecule is O=C(NC[C@H](O)c1ccoc1)[C@H]1COc2ccccc2O1. The molecule has 2 aromatic rings. The van der Waals surface area contributed by atoms with Crippen LogP contribution in [-0.2, 0) is 4.79 Å². The number of carbonyl (C=O) groups excluding carboxylic acids is 1. The Kier molecular flexibility index (Phi) is 3.79. The van der Waals surface area contributed by atoms with E-state index in [1.54, 1.807) is 18.2 Å². The van der Waals surface area contributed by atoms with Crippen molar-refractivity contribution in [2.24, 2.45) is 0 Å². The van der Waals surface area contributed by atoms with Crippen LogP contribution < -0.4 is 14.8 Å². The highest BCUT2D eigenvalue weighted by Gasteiger charge is 2.27. The number of para-hydroxylation sites is 2. The van der Waals surface area contributed by atoms with Crippen molar-refractivity contribution < 1.29 is 23.8 Å². The van der Waals surface area contributed by atoms with E-state index in [-0.39, 0.29) is 19.1 Å². The second-order valence-electron chi connectivity index (χ2n) is 4.68. The molecule has 2 heterocycles. The van der Waals surface area contributed by atoms with E-state index in [1.165, 1.54) is 12.5 Å². The Balaban J connectivity index is 1.55. The molecule has 1 aromatic carbocycles. The quantitative estimate of drug-likeness (QED) is 0.886. The van der Waals surface area contributed by atoms with Gasteiger partial charge in [0.2, 0.25) is 6.10 Å². The number of rotatable bonds is 4. The molecule has 0 radical (unpaired) electrons. The molecule has 21 heavy (non-hydrogen) atoms. The van der Waals surface area contributed by atoms with Gasteiger partial charge in [0.1, 0.15) is 6.61 Å². The third kappa shape index (κ3) is 3.00. The normalized spacial score (nSPS) is 18.0. The average Bonchev–Trinajstić information content (AvgIpc) is 3.06. The summed E-state index contributed by atoms with van der Waals surface area (Å²) in [7, 11) is 0. The lowest BCUT2D eigenvalue weighted by atomic mass is 10.2. The number of aliphatic hydroxyl groups excluding tert-OH is 1. The molecule has 0 saturated heterocycles. The molecule has 1 amide bonds. The van der Waals surface area contributed by atoms with E-state index in [9.17, 15) is 9.90 Å². The number of carbonyl (C=O) groups is 1. The first-order chi connectivity index (χ1) is 10.2. The number of nitrogens with one attached hydrogen (secondary N) is 1. The minimum atomic E-state index is -0.815. The van der Waals surface area contributed by atoms with Crippen molar-refractivity contribution in [1.82, 2.24) is 5.32 Å². The van der Waals surface area contributed by atoms with E-state index < -0.39 is 12.2 Å². The summed E-state index contributed by atoms with van der Waals surface area (Å²) in [4.78, 5) is 12.0. The Morgan fingerprint density at radius 3 is 2.90 bits per heavy atom. The minimum absolute atomic E-state index is 0.0832.